The molecule has 2 aromatic carbocycles. The first-order valence-electron chi connectivity index (χ1n) is 25.9. The molecule has 0 spiro atoms. The quantitative estimate of drug-likeness (QED) is 0.0573. The highest BCUT2D eigenvalue weighted by molar-refractivity contribution is 9.10. The number of esters is 3. The molecule has 386 valence electrons. The monoisotopic (exact) mass is 1060 g/mol. The van der Waals surface area contributed by atoms with Gasteiger partial charge in [-0.15, -0.1) is 0 Å². The van der Waals surface area contributed by atoms with E-state index in [4.69, 9.17) is 29.3 Å². The number of halogens is 1. The summed E-state index contributed by atoms with van der Waals surface area (Å²) in [7, 11) is -0.369. The number of para-hydroxylation sites is 2. The van der Waals surface area contributed by atoms with Crippen LogP contribution in [0, 0.1) is 0 Å². The van der Waals surface area contributed by atoms with E-state index < -0.39 is 11.9 Å². The molecule has 17 heteroatoms. The smallest absolute Gasteiger partial charge is 0.465 e. The normalized spacial score (nSPS) is 17.3. The number of nitrogens with two attached hydrogens (primary N) is 1. The molecule has 0 bridgehead atoms. The fourth-order valence-electron chi connectivity index (χ4n) is 10.4. The second-order valence-corrected chi connectivity index (χ2v) is 20.8. The molecule has 0 atom stereocenters. The molecule has 2 saturated carbocycles. The van der Waals surface area contributed by atoms with Gasteiger partial charge in [-0.25, -0.2) is 19.6 Å². The third-order valence-corrected chi connectivity index (χ3v) is 15.5. The van der Waals surface area contributed by atoms with Gasteiger partial charge in [-0.2, -0.15) is 0 Å². The van der Waals surface area contributed by atoms with Crippen molar-refractivity contribution in [1.29, 1.82) is 0 Å². The molecule has 3 N–H and O–H groups in total. The second-order valence-electron chi connectivity index (χ2n) is 20.0. The van der Waals surface area contributed by atoms with E-state index in [0.717, 1.165) is 63.5 Å². The summed E-state index contributed by atoms with van der Waals surface area (Å²) in [6.45, 7) is 14.6. The zero-order valence-electron chi connectivity index (χ0n) is 43.2. The number of anilines is 2. The van der Waals surface area contributed by atoms with Crippen molar-refractivity contribution < 1.29 is 42.7 Å². The van der Waals surface area contributed by atoms with Crippen molar-refractivity contribution in [3.05, 3.63) is 99.9 Å². The summed E-state index contributed by atoms with van der Waals surface area (Å²) in [4.78, 5) is 58.5. The summed E-state index contributed by atoms with van der Waals surface area (Å²) in [5.41, 5.74) is 14.0. The molecule has 2 aliphatic carbocycles. The summed E-state index contributed by atoms with van der Waals surface area (Å²) in [5.74, 6) is -0.458. The van der Waals surface area contributed by atoms with Crippen LogP contribution in [0.15, 0.2) is 77.4 Å². The summed E-state index contributed by atoms with van der Waals surface area (Å²) in [6.07, 6.45) is 11.9. The number of nitrogens with zero attached hydrogens (tertiary/aromatic N) is 4. The van der Waals surface area contributed by atoms with Crippen LogP contribution in [-0.4, -0.2) is 81.1 Å². The van der Waals surface area contributed by atoms with Crippen LogP contribution in [-0.2, 0) is 46.2 Å². The van der Waals surface area contributed by atoms with Crippen LogP contribution in [0.25, 0.3) is 33.3 Å². The molecule has 1 amide bonds. The molecule has 6 aromatic rings. The average Bonchev–Trinajstić information content (AvgIpc) is 3.87. The molecule has 10 rings (SSSR count). The van der Waals surface area contributed by atoms with E-state index in [0.29, 0.717) is 48.6 Å². The van der Waals surface area contributed by atoms with Crippen LogP contribution >= 0.6 is 15.9 Å². The highest BCUT2D eigenvalue weighted by Gasteiger charge is 2.52. The van der Waals surface area contributed by atoms with E-state index in [-0.39, 0.29) is 54.7 Å². The van der Waals surface area contributed by atoms with Crippen molar-refractivity contribution in [1.82, 2.24) is 19.1 Å². The molecule has 0 radical (unpaired) electrons. The highest BCUT2D eigenvalue weighted by Crippen LogP contribution is 2.47. The Balaban J connectivity index is 0.000000153. The van der Waals surface area contributed by atoms with Crippen molar-refractivity contribution in [3.8, 4) is 11.3 Å². The van der Waals surface area contributed by atoms with Gasteiger partial charge in [0.25, 0.3) is 0 Å². The van der Waals surface area contributed by atoms with Gasteiger partial charge in [-0.3, -0.25) is 9.59 Å². The fourth-order valence-corrected chi connectivity index (χ4v) is 11.3. The molecule has 73 heavy (non-hydrogen) atoms. The Kier molecular flexibility index (Phi) is 16.8. The van der Waals surface area contributed by atoms with Gasteiger partial charge in [0.2, 0.25) is 5.91 Å². The van der Waals surface area contributed by atoms with Gasteiger partial charge in [0.05, 0.1) is 47.0 Å². The zero-order valence-corrected chi connectivity index (χ0v) is 44.8. The van der Waals surface area contributed by atoms with Gasteiger partial charge >= 0.3 is 25.0 Å². The number of fused-ring (bicyclic) bond motifs is 6. The van der Waals surface area contributed by atoms with E-state index in [9.17, 15) is 19.2 Å². The lowest BCUT2D eigenvalue weighted by Crippen LogP contribution is -2.41. The minimum atomic E-state index is -0.460. The van der Waals surface area contributed by atoms with Crippen molar-refractivity contribution in [2.24, 2.45) is 0 Å². The van der Waals surface area contributed by atoms with Crippen LogP contribution in [0.2, 0.25) is 0 Å². The van der Waals surface area contributed by atoms with Gasteiger partial charge in [0.1, 0.15) is 24.4 Å². The van der Waals surface area contributed by atoms with Crippen LogP contribution in [0.4, 0.5) is 11.4 Å². The minimum absolute atomic E-state index is 0.0525. The molecule has 3 fully saturated rings. The predicted molar refractivity (Wildman–Crippen MR) is 288 cm³/mol. The Bertz CT molecular complexity index is 2970. The Morgan fingerprint density at radius 3 is 1.81 bits per heavy atom. The van der Waals surface area contributed by atoms with Crippen molar-refractivity contribution in [3.63, 3.8) is 0 Å². The molecular formula is C56H68BBrN6O9. The molecular weight excluding hydrogens is 991 g/mol. The number of amides is 1. The van der Waals surface area contributed by atoms with Crippen molar-refractivity contribution in [2.45, 2.75) is 149 Å². The Labute approximate surface area is 436 Å². The summed E-state index contributed by atoms with van der Waals surface area (Å²) in [5, 5.41) is 5.04. The van der Waals surface area contributed by atoms with Crippen LogP contribution in [0.5, 0.6) is 0 Å². The maximum atomic E-state index is 12.7. The Morgan fingerprint density at radius 2 is 1.23 bits per heavy atom. The molecule has 4 aliphatic rings. The number of rotatable bonds is 10. The van der Waals surface area contributed by atoms with Crippen LogP contribution in [0.3, 0.4) is 0 Å². The number of ether oxygens (including phenoxy) is 3. The standard InChI is InChI=1S/C24H25N3O3.C20H25BrN2O4.C12H18BNO2/c1-2-30-24(29)19-13-12-17-21(15-8-4-3-5-9-15)22-16-10-6-7-11-18(16)25-20(28)14-27(22)23(17)26-19;1-3-26-16(24)12-23-18(21)17(13-8-6-5-7-9-13)14-10-11-15(22-19(14)23)20(25)27-4-2;1-11(2)12(3,4)16-13(15-11)9-7-5-6-8-10(9)14/h6-7,10-13,15H,2-5,8-9,14H2,1H3,(H,25,28);10-11,13H,3-9,12H2,1-2H3;5-8H,14H2,1-4H3. The summed E-state index contributed by atoms with van der Waals surface area (Å²) < 4.78 is 31.9. The molecule has 2 aliphatic heterocycles. The van der Waals surface area contributed by atoms with Crippen molar-refractivity contribution >= 4 is 85.8 Å². The number of nitrogen functional groups attached to an aromatic ring is 1. The largest absolute Gasteiger partial charge is 0.496 e. The number of hydrogen-bond acceptors (Lipinski definition) is 12. The minimum Gasteiger partial charge on any atom is -0.465 e. The molecule has 1 saturated heterocycles. The molecule has 0 unspecified atom stereocenters. The summed E-state index contributed by atoms with van der Waals surface area (Å²) >= 11 is 3.70. The second kappa shape index (κ2) is 23.0. The number of hydrogen-bond donors (Lipinski definition) is 2. The van der Waals surface area contributed by atoms with Crippen LogP contribution in [0.1, 0.15) is 157 Å². The number of carbonyl (C=O) groups is 4. The van der Waals surface area contributed by atoms with Gasteiger partial charge in [-0.1, -0.05) is 74.9 Å². The maximum absolute atomic E-state index is 12.7. The topological polar surface area (TPSA) is 188 Å². The number of benzene rings is 2. The van der Waals surface area contributed by atoms with Crippen LogP contribution < -0.4 is 16.5 Å². The number of aromatic nitrogens is 4. The Morgan fingerprint density at radius 1 is 0.712 bits per heavy atom. The number of carbonyl (C=O) groups excluding carboxylic acids is 4. The lowest BCUT2D eigenvalue weighted by atomic mass is 9.78. The lowest BCUT2D eigenvalue weighted by Gasteiger charge is -2.32. The fraction of sp³-hybridized carbons (Fsp3) is 0.464. The van der Waals surface area contributed by atoms with E-state index >= 15 is 0 Å². The summed E-state index contributed by atoms with van der Waals surface area (Å²) in [6, 6.07) is 23.0. The zero-order chi connectivity index (χ0) is 52.0. The van der Waals surface area contributed by atoms with Gasteiger partial charge in [0.15, 0.2) is 11.4 Å². The number of pyridine rings is 2. The third kappa shape index (κ3) is 11.4. The molecule has 15 nitrogen and oxygen atoms in total. The van der Waals surface area contributed by atoms with Gasteiger partial charge in [-0.05, 0) is 149 Å². The third-order valence-electron chi connectivity index (χ3n) is 14.7. The first kappa shape index (κ1) is 53.3. The lowest BCUT2D eigenvalue weighted by molar-refractivity contribution is -0.143. The number of nitrogens with one attached hydrogen (secondary N) is 1. The average molecular weight is 1060 g/mol. The van der Waals surface area contributed by atoms with E-state index in [1.165, 1.54) is 49.7 Å². The van der Waals surface area contributed by atoms with Gasteiger partial charge < -0.3 is 43.7 Å². The van der Waals surface area contributed by atoms with E-state index in [2.05, 4.69) is 37.3 Å². The Hall–Kier alpha value is -6.04. The van der Waals surface area contributed by atoms with E-state index in [1.807, 2.05) is 86.9 Å². The molecule has 6 heterocycles. The predicted octanol–water partition coefficient (Wildman–Crippen LogP) is 11.0. The van der Waals surface area contributed by atoms with Gasteiger partial charge in [0, 0.05) is 27.5 Å². The maximum Gasteiger partial charge on any atom is 0.496 e. The van der Waals surface area contributed by atoms with E-state index in [1.54, 1.807) is 37.5 Å². The first-order chi connectivity index (χ1) is 35.1. The highest BCUT2D eigenvalue weighted by atomic mass is 79.9. The first-order valence-corrected chi connectivity index (χ1v) is 26.7. The molecule has 4 aromatic heterocycles. The SMILES string of the molecule is CC1(C)OB(c2ccccc2N)OC1(C)C.CCOC(=O)Cn1c(Br)c(C2CCCCC2)c2ccc(C(=O)OCC)nc21.CCOC(=O)c1ccc2c(C3CCCCC3)c3n(c2n1)CC(=O)Nc1ccccc1-3. The van der Waals surface area contributed by atoms with Crippen molar-refractivity contribution in [2.75, 3.05) is 30.9 Å².